The number of ketones is 2. The molecule has 0 N–H and O–H groups in total. The van der Waals surface area contributed by atoms with Crippen LogP contribution in [0.5, 0.6) is 0 Å². The molecule has 80 valence electrons. The summed E-state index contributed by atoms with van der Waals surface area (Å²) in [4.78, 5) is 22.8. The fourth-order valence-electron chi connectivity index (χ4n) is 1.28. The van der Waals surface area contributed by atoms with Gasteiger partial charge < -0.3 is 4.74 Å². The lowest BCUT2D eigenvalue weighted by Crippen LogP contribution is -2.17. The van der Waals surface area contributed by atoms with Crippen LogP contribution in [0.2, 0.25) is 0 Å². The molecule has 14 heavy (non-hydrogen) atoms. The predicted octanol–water partition coefficient (Wildman–Crippen LogP) is 1.74. The first-order valence-electron chi connectivity index (χ1n) is 5.21. The van der Waals surface area contributed by atoms with Crippen molar-refractivity contribution >= 4 is 11.6 Å². The molecule has 0 unspecified atom stereocenters. The minimum Gasteiger partial charge on any atom is -0.381 e. The van der Waals surface area contributed by atoms with Crippen LogP contribution in [-0.2, 0) is 14.3 Å². The van der Waals surface area contributed by atoms with Crippen LogP contribution in [0.25, 0.3) is 0 Å². The van der Waals surface area contributed by atoms with Gasteiger partial charge in [-0.15, -0.1) is 0 Å². The van der Waals surface area contributed by atoms with E-state index >= 15 is 0 Å². The van der Waals surface area contributed by atoms with E-state index in [0.717, 1.165) is 12.8 Å². The Hall–Kier alpha value is -0.700. The molecule has 1 aliphatic carbocycles. The number of carbonyl (C=O) groups excluding carboxylic acids is 2. The van der Waals surface area contributed by atoms with Gasteiger partial charge in [0, 0.05) is 18.4 Å². The highest BCUT2D eigenvalue weighted by molar-refractivity contribution is 6.02. The maximum absolute atomic E-state index is 11.5. The molecule has 0 aromatic carbocycles. The third-order valence-corrected chi connectivity index (χ3v) is 2.76. The molecule has 1 aliphatic rings. The summed E-state index contributed by atoms with van der Waals surface area (Å²) >= 11 is 0. The van der Waals surface area contributed by atoms with E-state index in [-0.39, 0.29) is 23.4 Å². The predicted molar refractivity (Wildman–Crippen MR) is 53.1 cm³/mol. The van der Waals surface area contributed by atoms with Gasteiger partial charge in [-0.25, -0.2) is 0 Å². The Morgan fingerprint density at radius 2 is 2.00 bits per heavy atom. The van der Waals surface area contributed by atoms with E-state index in [1.54, 1.807) is 0 Å². The Morgan fingerprint density at radius 1 is 1.36 bits per heavy atom. The smallest absolute Gasteiger partial charge is 0.146 e. The van der Waals surface area contributed by atoms with Crippen molar-refractivity contribution in [1.29, 1.82) is 0 Å². The monoisotopic (exact) mass is 198 g/mol. The highest BCUT2D eigenvalue weighted by Crippen LogP contribution is 2.46. The number of hydrogen-bond donors (Lipinski definition) is 0. The maximum atomic E-state index is 11.5. The van der Waals surface area contributed by atoms with Crippen molar-refractivity contribution in [2.24, 2.45) is 5.41 Å². The van der Waals surface area contributed by atoms with Crippen LogP contribution in [0.15, 0.2) is 0 Å². The summed E-state index contributed by atoms with van der Waals surface area (Å²) in [5.74, 6) is 0.121. The van der Waals surface area contributed by atoms with Gasteiger partial charge in [0.25, 0.3) is 0 Å². The third-order valence-electron chi connectivity index (χ3n) is 2.76. The van der Waals surface area contributed by atoms with E-state index < -0.39 is 0 Å². The molecule has 0 heterocycles. The second-order valence-electron chi connectivity index (χ2n) is 4.15. The Morgan fingerprint density at radius 3 is 2.50 bits per heavy atom. The number of carbonyl (C=O) groups is 2. The van der Waals surface area contributed by atoms with E-state index in [4.69, 9.17) is 4.74 Å². The minimum absolute atomic E-state index is 0.0107. The zero-order valence-electron chi connectivity index (χ0n) is 8.97. The lowest BCUT2D eigenvalue weighted by molar-refractivity contribution is -0.130. The lowest BCUT2D eigenvalue weighted by Gasteiger charge is -2.05. The Balaban J connectivity index is 2.17. The topological polar surface area (TPSA) is 43.4 Å². The van der Waals surface area contributed by atoms with Crippen LogP contribution in [0.3, 0.4) is 0 Å². The van der Waals surface area contributed by atoms with Gasteiger partial charge >= 0.3 is 0 Å². The molecule has 3 nitrogen and oxygen atoms in total. The molecule has 1 rings (SSSR count). The average molecular weight is 198 g/mol. The van der Waals surface area contributed by atoms with Gasteiger partial charge in [0.15, 0.2) is 0 Å². The van der Waals surface area contributed by atoms with Crippen molar-refractivity contribution in [1.82, 2.24) is 0 Å². The summed E-state index contributed by atoms with van der Waals surface area (Å²) in [6.45, 7) is 4.89. The van der Waals surface area contributed by atoms with Gasteiger partial charge in [-0.1, -0.05) is 6.92 Å². The molecule has 0 amide bonds. The van der Waals surface area contributed by atoms with E-state index in [1.807, 2.05) is 13.8 Å². The van der Waals surface area contributed by atoms with Crippen LogP contribution >= 0.6 is 0 Å². The molecule has 0 radical (unpaired) electrons. The van der Waals surface area contributed by atoms with Crippen LogP contribution in [0.4, 0.5) is 0 Å². The van der Waals surface area contributed by atoms with E-state index in [9.17, 15) is 9.59 Å². The fraction of sp³-hybridized carbons (Fsp3) is 0.818. The molecule has 1 fully saturated rings. The Bertz CT molecular complexity index is 229. The molecule has 0 aliphatic heterocycles. The van der Waals surface area contributed by atoms with Gasteiger partial charge in [-0.2, -0.15) is 0 Å². The van der Waals surface area contributed by atoms with Crippen LogP contribution < -0.4 is 0 Å². The second-order valence-corrected chi connectivity index (χ2v) is 4.15. The van der Waals surface area contributed by atoms with Gasteiger partial charge in [0.05, 0.1) is 13.0 Å². The Labute approximate surface area is 84.8 Å². The third kappa shape index (κ3) is 3.22. The van der Waals surface area contributed by atoms with E-state index in [2.05, 4.69) is 0 Å². The average Bonchev–Trinajstić information content (AvgIpc) is 2.85. The molecule has 0 aromatic heterocycles. The van der Waals surface area contributed by atoms with Crippen LogP contribution in [0, 0.1) is 5.41 Å². The van der Waals surface area contributed by atoms with Crippen molar-refractivity contribution < 1.29 is 14.3 Å². The SMILES string of the molecule is CCOCCC(=O)CC(=O)C1(C)CC1. The zero-order chi connectivity index (χ0) is 10.6. The van der Waals surface area contributed by atoms with Crippen molar-refractivity contribution in [3.63, 3.8) is 0 Å². The number of rotatable bonds is 7. The first-order valence-corrected chi connectivity index (χ1v) is 5.21. The van der Waals surface area contributed by atoms with Gasteiger partial charge in [0.2, 0.25) is 0 Å². The summed E-state index contributed by atoms with van der Waals surface area (Å²) < 4.78 is 5.05. The van der Waals surface area contributed by atoms with Crippen molar-refractivity contribution in [3.8, 4) is 0 Å². The standard InChI is InChI=1S/C11H18O3/c1-3-14-7-4-9(12)8-10(13)11(2)5-6-11/h3-8H2,1-2H3. The van der Waals surface area contributed by atoms with Crippen molar-refractivity contribution in [2.45, 2.75) is 39.5 Å². The first-order chi connectivity index (χ1) is 6.58. The summed E-state index contributed by atoms with van der Waals surface area (Å²) in [5.41, 5.74) is -0.165. The lowest BCUT2D eigenvalue weighted by atomic mass is 9.98. The highest BCUT2D eigenvalue weighted by atomic mass is 16.5. The van der Waals surface area contributed by atoms with E-state index in [1.165, 1.54) is 0 Å². The van der Waals surface area contributed by atoms with Crippen LogP contribution in [0.1, 0.15) is 39.5 Å². The van der Waals surface area contributed by atoms with Crippen LogP contribution in [-0.4, -0.2) is 24.8 Å². The molecule has 0 bridgehead atoms. The molecular weight excluding hydrogens is 180 g/mol. The second kappa shape index (κ2) is 4.69. The summed E-state index contributed by atoms with van der Waals surface area (Å²) in [7, 11) is 0. The quantitative estimate of drug-likeness (QED) is 0.462. The van der Waals surface area contributed by atoms with Crippen molar-refractivity contribution in [3.05, 3.63) is 0 Å². The van der Waals surface area contributed by atoms with Gasteiger partial charge in [0.1, 0.15) is 11.6 Å². The summed E-state index contributed by atoms with van der Waals surface area (Å²) in [6, 6.07) is 0. The largest absolute Gasteiger partial charge is 0.381 e. The number of Topliss-reactive ketones (excluding diaryl/α,β-unsaturated/α-hetero) is 2. The normalized spacial score (nSPS) is 17.9. The molecule has 1 saturated carbocycles. The van der Waals surface area contributed by atoms with Crippen molar-refractivity contribution in [2.75, 3.05) is 13.2 Å². The minimum atomic E-state index is -0.165. The van der Waals surface area contributed by atoms with Gasteiger partial charge in [-0.3, -0.25) is 9.59 Å². The molecule has 3 heteroatoms. The van der Waals surface area contributed by atoms with Gasteiger partial charge in [-0.05, 0) is 19.8 Å². The number of hydrogen-bond acceptors (Lipinski definition) is 3. The molecule has 0 atom stereocenters. The molecule has 0 saturated heterocycles. The molecule has 0 spiro atoms. The van der Waals surface area contributed by atoms with E-state index in [0.29, 0.717) is 19.6 Å². The highest BCUT2D eigenvalue weighted by Gasteiger charge is 2.44. The summed E-state index contributed by atoms with van der Waals surface area (Å²) in [5, 5.41) is 0. The molecule has 0 aromatic rings. The maximum Gasteiger partial charge on any atom is 0.146 e. The fourth-order valence-corrected chi connectivity index (χ4v) is 1.28. The molecular formula is C11H18O3. The number of ether oxygens (including phenoxy) is 1. The Kier molecular flexibility index (Phi) is 3.81. The zero-order valence-corrected chi connectivity index (χ0v) is 8.97. The first kappa shape index (κ1) is 11.4. The summed E-state index contributed by atoms with van der Waals surface area (Å²) in [6.07, 6.45) is 2.37.